The second-order valence-corrected chi connectivity index (χ2v) is 6.44. The van der Waals surface area contributed by atoms with Crippen LogP contribution in [0.2, 0.25) is 0 Å². The van der Waals surface area contributed by atoms with Crippen molar-refractivity contribution in [3.05, 3.63) is 27.1 Å². The molecule has 0 amide bonds. The molecule has 0 bridgehead atoms. The molecule has 0 aliphatic carbocycles. The number of benzene rings is 1. The molecule has 1 aliphatic heterocycles. The van der Waals surface area contributed by atoms with Gasteiger partial charge in [0.15, 0.2) is 0 Å². The average Bonchev–Trinajstić information content (AvgIpc) is 2.83. The van der Waals surface area contributed by atoms with Crippen molar-refractivity contribution in [1.82, 2.24) is 4.90 Å². The summed E-state index contributed by atoms with van der Waals surface area (Å²) < 4.78 is 2.04. The van der Waals surface area contributed by atoms with E-state index in [0.717, 1.165) is 34.3 Å². The molecule has 3 nitrogen and oxygen atoms in total. The zero-order chi connectivity index (χ0) is 13.0. The van der Waals surface area contributed by atoms with E-state index in [4.69, 9.17) is 0 Å². The summed E-state index contributed by atoms with van der Waals surface area (Å²) in [6, 6.07) is 5.97. The standard InChI is InChI=1S/C13H18Br2N2O/c14-10-3-4-12(15)13(7-10)16-8-11(18)9-17-5-1-2-6-17/h3-4,7,11,16,18H,1-2,5-6,8-9H2. The van der Waals surface area contributed by atoms with Gasteiger partial charge in [-0.05, 0) is 60.1 Å². The molecule has 1 aliphatic rings. The monoisotopic (exact) mass is 376 g/mol. The van der Waals surface area contributed by atoms with Crippen LogP contribution in [0.5, 0.6) is 0 Å². The van der Waals surface area contributed by atoms with Crippen LogP contribution < -0.4 is 5.32 Å². The number of hydrogen-bond acceptors (Lipinski definition) is 3. The zero-order valence-corrected chi connectivity index (χ0v) is 13.4. The molecule has 18 heavy (non-hydrogen) atoms. The van der Waals surface area contributed by atoms with Crippen LogP contribution in [-0.4, -0.2) is 42.3 Å². The summed E-state index contributed by atoms with van der Waals surface area (Å²) in [4.78, 5) is 2.32. The van der Waals surface area contributed by atoms with Crippen molar-refractivity contribution < 1.29 is 5.11 Å². The highest BCUT2D eigenvalue weighted by Crippen LogP contribution is 2.26. The second kappa shape index (κ2) is 6.89. The summed E-state index contributed by atoms with van der Waals surface area (Å²) in [7, 11) is 0. The summed E-state index contributed by atoms with van der Waals surface area (Å²) in [6.07, 6.45) is 2.20. The van der Waals surface area contributed by atoms with Gasteiger partial charge in [0.2, 0.25) is 0 Å². The highest BCUT2D eigenvalue weighted by atomic mass is 79.9. The van der Waals surface area contributed by atoms with Gasteiger partial charge in [-0.15, -0.1) is 0 Å². The average molecular weight is 378 g/mol. The van der Waals surface area contributed by atoms with E-state index in [1.54, 1.807) is 0 Å². The van der Waals surface area contributed by atoms with E-state index in [1.807, 2.05) is 18.2 Å². The number of anilines is 1. The van der Waals surface area contributed by atoms with Crippen LogP contribution in [-0.2, 0) is 0 Å². The molecule has 0 aromatic heterocycles. The highest BCUT2D eigenvalue weighted by Gasteiger charge is 2.15. The minimum absolute atomic E-state index is 0.325. The fraction of sp³-hybridized carbons (Fsp3) is 0.538. The van der Waals surface area contributed by atoms with Gasteiger partial charge in [-0.3, -0.25) is 0 Å². The van der Waals surface area contributed by atoms with Crippen LogP contribution in [0, 0.1) is 0 Å². The molecule has 5 heteroatoms. The molecule has 2 N–H and O–H groups in total. The van der Waals surface area contributed by atoms with Gasteiger partial charge in [-0.1, -0.05) is 15.9 Å². The van der Waals surface area contributed by atoms with Crippen LogP contribution in [0.3, 0.4) is 0 Å². The minimum atomic E-state index is -0.325. The molecule has 1 heterocycles. The van der Waals surface area contributed by atoms with Crippen LogP contribution >= 0.6 is 31.9 Å². The first-order valence-electron chi connectivity index (χ1n) is 6.24. The third kappa shape index (κ3) is 4.23. The van der Waals surface area contributed by atoms with Crippen molar-refractivity contribution in [2.24, 2.45) is 0 Å². The first-order chi connectivity index (χ1) is 8.65. The summed E-state index contributed by atoms with van der Waals surface area (Å²) in [6.45, 7) is 3.58. The van der Waals surface area contributed by atoms with Crippen LogP contribution in [0.4, 0.5) is 5.69 Å². The first-order valence-corrected chi connectivity index (χ1v) is 7.83. The van der Waals surface area contributed by atoms with Crippen LogP contribution in [0.15, 0.2) is 27.1 Å². The Bertz CT molecular complexity index is 395. The maximum Gasteiger partial charge on any atom is 0.0839 e. The number of hydrogen-bond donors (Lipinski definition) is 2. The minimum Gasteiger partial charge on any atom is -0.390 e. The van der Waals surface area contributed by atoms with Crippen LogP contribution in [0.1, 0.15) is 12.8 Å². The lowest BCUT2D eigenvalue weighted by Crippen LogP contribution is -2.34. The van der Waals surface area contributed by atoms with E-state index in [2.05, 4.69) is 42.1 Å². The number of aliphatic hydroxyl groups excluding tert-OH is 1. The smallest absolute Gasteiger partial charge is 0.0839 e. The largest absolute Gasteiger partial charge is 0.390 e. The van der Waals surface area contributed by atoms with Crippen molar-refractivity contribution in [2.45, 2.75) is 18.9 Å². The quantitative estimate of drug-likeness (QED) is 0.827. The van der Waals surface area contributed by atoms with Gasteiger partial charge >= 0.3 is 0 Å². The van der Waals surface area contributed by atoms with E-state index in [9.17, 15) is 5.11 Å². The number of nitrogens with zero attached hydrogens (tertiary/aromatic N) is 1. The van der Waals surface area contributed by atoms with Crippen molar-refractivity contribution in [3.63, 3.8) is 0 Å². The second-order valence-electron chi connectivity index (χ2n) is 4.67. The van der Waals surface area contributed by atoms with Gasteiger partial charge in [0.25, 0.3) is 0 Å². The van der Waals surface area contributed by atoms with Crippen molar-refractivity contribution in [1.29, 1.82) is 0 Å². The fourth-order valence-corrected chi connectivity index (χ4v) is 2.94. The molecule has 1 saturated heterocycles. The molecular formula is C13H18Br2N2O. The zero-order valence-electron chi connectivity index (χ0n) is 10.2. The molecule has 0 saturated carbocycles. The lowest BCUT2D eigenvalue weighted by molar-refractivity contribution is 0.135. The third-order valence-corrected chi connectivity index (χ3v) is 4.31. The fourth-order valence-electron chi connectivity index (χ4n) is 2.19. The van der Waals surface area contributed by atoms with Gasteiger partial charge in [-0.25, -0.2) is 0 Å². The number of β-amino-alcohol motifs (C(OH)–C–C–N with tert-alkyl or cyclic N) is 1. The van der Waals surface area contributed by atoms with E-state index >= 15 is 0 Å². The summed E-state index contributed by atoms with van der Waals surface area (Å²) in [5.74, 6) is 0. The number of likely N-dealkylation sites (tertiary alicyclic amines) is 1. The Kier molecular flexibility index (Phi) is 5.48. The van der Waals surface area contributed by atoms with Gasteiger partial charge < -0.3 is 15.3 Å². The Morgan fingerprint density at radius 2 is 2.00 bits per heavy atom. The van der Waals surface area contributed by atoms with Crippen molar-refractivity contribution in [2.75, 3.05) is 31.5 Å². The Morgan fingerprint density at radius 1 is 1.28 bits per heavy atom. The van der Waals surface area contributed by atoms with Crippen molar-refractivity contribution >= 4 is 37.5 Å². The molecule has 1 fully saturated rings. The molecular weight excluding hydrogens is 360 g/mol. The van der Waals surface area contributed by atoms with Gasteiger partial charge in [-0.2, -0.15) is 0 Å². The van der Waals surface area contributed by atoms with Crippen molar-refractivity contribution in [3.8, 4) is 0 Å². The Hall–Kier alpha value is -0.100. The summed E-state index contributed by atoms with van der Waals surface area (Å²) >= 11 is 6.94. The predicted octanol–water partition coefficient (Wildman–Crippen LogP) is 3.08. The Morgan fingerprint density at radius 3 is 2.72 bits per heavy atom. The van der Waals surface area contributed by atoms with Gasteiger partial charge in [0.05, 0.1) is 6.10 Å². The third-order valence-electron chi connectivity index (χ3n) is 3.12. The lowest BCUT2D eigenvalue weighted by atomic mass is 10.3. The molecule has 1 unspecified atom stereocenters. The van der Waals surface area contributed by atoms with E-state index in [1.165, 1.54) is 12.8 Å². The molecule has 0 radical (unpaired) electrons. The summed E-state index contributed by atoms with van der Waals surface area (Å²) in [5.41, 5.74) is 1.00. The van der Waals surface area contributed by atoms with Crippen LogP contribution in [0.25, 0.3) is 0 Å². The van der Waals surface area contributed by atoms with Gasteiger partial charge in [0, 0.05) is 27.7 Å². The molecule has 1 aromatic carbocycles. The Balaban J connectivity index is 1.81. The number of halogens is 2. The summed E-state index contributed by atoms with van der Waals surface area (Å²) in [5, 5.41) is 13.3. The molecule has 0 spiro atoms. The maximum atomic E-state index is 10.00. The van der Waals surface area contributed by atoms with Gasteiger partial charge in [0.1, 0.15) is 0 Å². The molecule has 1 atom stereocenters. The van der Waals surface area contributed by atoms with E-state index in [0.29, 0.717) is 6.54 Å². The maximum absolute atomic E-state index is 10.00. The highest BCUT2D eigenvalue weighted by molar-refractivity contribution is 9.11. The first kappa shape index (κ1) is 14.3. The molecule has 100 valence electrons. The number of rotatable bonds is 5. The number of nitrogens with one attached hydrogen (secondary N) is 1. The molecule has 1 aromatic rings. The normalized spacial score (nSPS) is 17.9. The molecule has 2 rings (SSSR count). The SMILES string of the molecule is OC(CNc1cc(Br)ccc1Br)CN1CCCC1. The number of aliphatic hydroxyl groups is 1. The van der Waals surface area contributed by atoms with E-state index < -0.39 is 0 Å². The lowest BCUT2D eigenvalue weighted by Gasteiger charge is -2.20. The van der Waals surface area contributed by atoms with E-state index in [-0.39, 0.29) is 6.10 Å². The predicted molar refractivity (Wildman–Crippen MR) is 82.0 cm³/mol. The Labute approximate surface area is 125 Å². The topological polar surface area (TPSA) is 35.5 Å².